The zero-order valence-corrected chi connectivity index (χ0v) is 11.8. The van der Waals surface area contributed by atoms with Gasteiger partial charge in [-0.05, 0) is 31.0 Å². The van der Waals surface area contributed by atoms with E-state index in [1.165, 1.54) is 4.31 Å². The Morgan fingerprint density at radius 1 is 1.33 bits per heavy atom. The molecule has 1 fully saturated rings. The van der Waals surface area contributed by atoms with Crippen molar-refractivity contribution in [3.8, 4) is 5.75 Å². The van der Waals surface area contributed by atoms with Crippen molar-refractivity contribution in [2.75, 3.05) is 20.2 Å². The fourth-order valence-electron chi connectivity index (χ4n) is 2.10. The van der Waals surface area contributed by atoms with Crippen molar-refractivity contribution in [1.29, 1.82) is 0 Å². The minimum absolute atomic E-state index is 0.229. The summed E-state index contributed by atoms with van der Waals surface area (Å²) >= 11 is 5.80. The fraction of sp³-hybridized carbons (Fsp3) is 0.500. The molecular formula is C12H16ClNO3S. The molecule has 1 aliphatic rings. The number of ether oxygens (including phenoxy) is 1. The van der Waals surface area contributed by atoms with Crippen molar-refractivity contribution < 1.29 is 13.2 Å². The summed E-state index contributed by atoms with van der Waals surface area (Å²) in [5, 5.41) is 0. The second-order valence-electron chi connectivity index (χ2n) is 4.22. The predicted molar refractivity (Wildman–Crippen MR) is 70.5 cm³/mol. The summed E-state index contributed by atoms with van der Waals surface area (Å²) in [6, 6.07) is 4.82. The van der Waals surface area contributed by atoms with E-state index in [0.717, 1.165) is 12.8 Å². The number of sulfonamides is 1. The summed E-state index contributed by atoms with van der Waals surface area (Å²) in [4.78, 5) is 0.292. The molecule has 0 N–H and O–H groups in total. The molecule has 0 unspecified atom stereocenters. The van der Waals surface area contributed by atoms with E-state index in [4.69, 9.17) is 16.3 Å². The largest absolute Gasteiger partial charge is 0.496 e. The summed E-state index contributed by atoms with van der Waals surface area (Å²) in [5.41, 5.74) is 0.694. The van der Waals surface area contributed by atoms with Crippen LogP contribution in [0.1, 0.15) is 18.4 Å². The average molecular weight is 290 g/mol. The minimum atomic E-state index is -3.38. The number of alkyl halides is 1. The molecule has 0 aliphatic carbocycles. The number of rotatable bonds is 4. The third kappa shape index (κ3) is 2.48. The zero-order chi connectivity index (χ0) is 13.2. The van der Waals surface area contributed by atoms with E-state index in [0.29, 0.717) is 29.3 Å². The maximum absolute atomic E-state index is 12.3. The quantitative estimate of drug-likeness (QED) is 0.799. The van der Waals surface area contributed by atoms with Crippen LogP contribution >= 0.6 is 11.6 Å². The summed E-state index contributed by atoms with van der Waals surface area (Å²) < 4.78 is 31.3. The Bertz CT molecular complexity index is 524. The van der Waals surface area contributed by atoms with Gasteiger partial charge in [0.1, 0.15) is 5.75 Å². The highest BCUT2D eigenvalue weighted by atomic mass is 35.5. The SMILES string of the molecule is COc1ccc(S(=O)(=O)N2CCCC2)cc1CCl. The number of hydrogen-bond acceptors (Lipinski definition) is 3. The molecule has 0 radical (unpaired) electrons. The molecule has 0 atom stereocenters. The van der Waals surface area contributed by atoms with E-state index >= 15 is 0 Å². The lowest BCUT2D eigenvalue weighted by molar-refractivity contribution is 0.410. The molecule has 2 rings (SSSR count). The van der Waals surface area contributed by atoms with Crippen LogP contribution in [0, 0.1) is 0 Å². The molecule has 18 heavy (non-hydrogen) atoms. The monoisotopic (exact) mass is 289 g/mol. The van der Waals surface area contributed by atoms with Gasteiger partial charge in [-0.1, -0.05) is 0 Å². The molecule has 1 aromatic rings. The maximum Gasteiger partial charge on any atom is 0.243 e. The molecule has 0 bridgehead atoms. The van der Waals surface area contributed by atoms with E-state index in [1.807, 2.05) is 0 Å². The van der Waals surface area contributed by atoms with Crippen molar-refractivity contribution in [3.05, 3.63) is 23.8 Å². The molecule has 0 spiro atoms. The molecule has 0 saturated carbocycles. The number of benzene rings is 1. The van der Waals surface area contributed by atoms with E-state index < -0.39 is 10.0 Å². The Labute approximate surface area is 113 Å². The number of halogens is 1. The number of hydrogen-bond donors (Lipinski definition) is 0. The summed E-state index contributed by atoms with van der Waals surface area (Å²) in [6.07, 6.45) is 1.86. The van der Waals surface area contributed by atoms with E-state index in [9.17, 15) is 8.42 Å². The lowest BCUT2D eigenvalue weighted by Gasteiger charge is -2.16. The predicted octanol–water partition coefficient (Wildman–Crippen LogP) is 2.22. The van der Waals surface area contributed by atoms with Crippen LogP contribution in [0.4, 0.5) is 0 Å². The third-order valence-corrected chi connectivity index (χ3v) is 5.28. The topological polar surface area (TPSA) is 46.6 Å². The summed E-state index contributed by atoms with van der Waals surface area (Å²) in [6.45, 7) is 1.20. The second kappa shape index (κ2) is 5.47. The normalized spacial score (nSPS) is 17.0. The third-order valence-electron chi connectivity index (χ3n) is 3.10. The van der Waals surface area contributed by atoms with Crippen LogP contribution in [-0.4, -0.2) is 32.9 Å². The second-order valence-corrected chi connectivity index (χ2v) is 6.42. The minimum Gasteiger partial charge on any atom is -0.496 e. The highest BCUT2D eigenvalue weighted by Crippen LogP contribution is 2.27. The molecule has 6 heteroatoms. The summed E-state index contributed by atoms with van der Waals surface area (Å²) in [5.74, 6) is 0.845. The molecule has 100 valence electrons. The lowest BCUT2D eigenvalue weighted by Crippen LogP contribution is -2.27. The lowest BCUT2D eigenvalue weighted by atomic mass is 10.2. The molecule has 4 nitrogen and oxygen atoms in total. The van der Waals surface area contributed by atoms with Gasteiger partial charge in [0.15, 0.2) is 0 Å². The van der Waals surface area contributed by atoms with Crippen LogP contribution in [-0.2, 0) is 15.9 Å². The Hall–Kier alpha value is -0.780. The van der Waals surface area contributed by atoms with Crippen molar-refractivity contribution >= 4 is 21.6 Å². The van der Waals surface area contributed by atoms with E-state index in [1.54, 1.807) is 25.3 Å². The standard InChI is InChI=1S/C12H16ClNO3S/c1-17-12-5-4-11(8-10(12)9-13)18(15,16)14-6-2-3-7-14/h4-5,8H,2-3,6-7,9H2,1H3. The van der Waals surface area contributed by atoms with Crippen molar-refractivity contribution in [3.63, 3.8) is 0 Å². The van der Waals surface area contributed by atoms with Gasteiger partial charge in [0.25, 0.3) is 0 Å². The first kappa shape index (κ1) is 13.6. The van der Waals surface area contributed by atoms with Crippen LogP contribution in [0.25, 0.3) is 0 Å². The van der Waals surface area contributed by atoms with Crippen molar-refractivity contribution in [2.45, 2.75) is 23.6 Å². The Morgan fingerprint density at radius 3 is 2.56 bits per heavy atom. The van der Waals surface area contributed by atoms with Gasteiger partial charge in [-0.2, -0.15) is 4.31 Å². The van der Waals surface area contributed by atoms with Gasteiger partial charge < -0.3 is 4.74 Å². The maximum atomic E-state index is 12.3. The van der Waals surface area contributed by atoms with Gasteiger partial charge in [-0.3, -0.25) is 0 Å². The molecule has 0 amide bonds. The van der Waals surface area contributed by atoms with Gasteiger partial charge in [-0.15, -0.1) is 11.6 Å². The van der Waals surface area contributed by atoms with Gasteiger partial charge in [0, 0.05) is 18.7 Å². The Kier molecular flexibility index (Phi) is 4.14. The first-order valence-corrected chi connectivity index (χ1v) is 7.80. The van der Waals surface area contributed by atoms with Crippen LogP contribution in [0.3, 0.4) is 0 Å². The summed E-state index contributed by atoms with van der Waals surface area (Å²) in [7, 11) is -1.84. The first-order valence-electron chi connectivity index (χ1n) is 5.82. The van der Waals surface area contributed by atoms with Crippen LogP contribution in [0.2, 0.25) is 0 Å². The molecule has 0 aromatic heterocycles. The van der Waals surface area contributed by atoms with Crippen LogP contribution in [0.15, 0.2) is 23.1 Å². The van der Waals surface area contributed by atoms with Gasteiger partial charge in [0.05, 0.1) is 17.9 Å². The fourth-order valence-corrected chi connectivity index (χ4v) is 3.87. The van der Waals surface area contributed by atoms with Crippen molar-refractivity contribution in [1.82, 2.24) is 4.31 Å². The highest BCUT2D eigenvalue weighted by molar-refractivity contribution is 7.89. The van der Waals surface area contributed by atoms with Crippen LogP contribution in [0.5, 0.6) is 5.75 Å². The molecule has 1 aliphatic heterocycles. The van der Waals surface area contributed by atoms with Crippen molar-refractivity contribution in [2.24, 2.45) is 0 Å². The molecule has 1 heterocycles. The molecule has 1 saturated heterocycles. The number of nitrogens with zero attached hydrogens (tertiary/aromatic N) is 1. The van der Waals surface area contributed by atoms with Gasteiger partial charge >= 0.3 is 0 Å². The Morgan fingerprint density at radius 2 is 2.00 bits per heavy atom. The smallest absolute Gasteiger partial charge is 0.243 e. The average Bonchev–Trinajstić information content (AvgIpc) is 2.92. The Balaban J connectivity index is 2.38. The number of methoxy groups -OCH3 is 1. The van der Waals surface area contributed by atoms with E-state index in [2.05, 4.69) is 0 Å². The highest BCUT2D eigenvalue weighted by Gasteiger charge is 2.27. The molecular weight excluding hydrogens is 274 g/mol. The van der Waals surface area contributed by atoms with E-state index in [-0.39, 0.29) is 5.88 Å². The van der Waals surface area contributed by atoms with Crippen LogP contribution < -0.4 is 4.74 Å². The van der Waals surface area contributed by atoms with Gasteiger partial charge in [0.2, 0.25) is 10.0 Å². The first-order chi connectivity index (χ1) is 8.59. The van der Waals surface area contributed by atoms with Gasteiger partial charge in [-0.25, -0.2) is 8.42 Å². The molecule has 1 aromatic carbocycles. The zero-order valence-electron chi connectivity index (χ0n) is 10.2.